The van der Waals surface area contributed by atoms with Crippen LogP contribution in [0.3, 0.4) is 0 Å². The number of nitrogens with zero attached hydrogens (tertiary/aromatic N) is 1. The van der Waals surface area contributed by atoms with Crippen molar-refractivity contribution >= 4 is 32.9 Å². The molecule has 1 radical (unpaired) electrons. The van der Waals surface area contributed by atoms with Crippen LogP contribution in [-0.2, 0) is 10.5 Å². The summed E-state index contributed by atoms with van der Waals surface area (Å²) >= 11 is 0. The summed E-state index contributed by atoms with van der Waals surface area (Å²) in [7, 11) is 2.33. The molecule has 0 aliphatic heterocycles. The van der Waals surface area contributed by atoms with Crippen molar-refractivity contribution < 1.29 is 9.72 Å². The van der Waals surface area contributed by atoms with Crippen molar-refractivity contribution in [2.45, 2.75) is 5.75 Å². The van der Waals surface area contributed by atoms with Crippen LogP contribution < -0.4 is 0 Å². The molecular formula is C8H6NO3S2. The van der Waals surface area contributed by atoms with Crippen LogP contribution in [0.1, 0.15) is 5.56 Å². The second kappa shape index (κ2) is 5.66. The van der Waals surface area contributed by atoms with Crippen molar-refractivity contribution in [3.8, 4) is 0 Å². The van der Waals surface area contributed by atoms with Crippen LogP contribution in [0.25, 0.3) is 0 Å². The molecule has 0 amide bonds. The monoisotopic (exact) mass is 228 g/mol. The number of nitro groups is 1. The van der Waals surface area contributed by atoms with Gasteiger partial charge in [0, 0.05) is 17.9 Å². The van der Waals surface area contributed by atoms with Crippen molar-refractivity contribution in [2.24, 2.45) is 0 Å². The zero-order chi connectivity index (χ0) is 10.4. The molecule has 0 N–H and O–H groups in total. The van der Waals surface area contributed by atoms with Crippen LogP contribution in [0.2, 0.25) is 0 Å². The number of nitro benzene ring substituents is 1. The summed E-state index contributed by atoms with van der Waals surface area (Å²) < 4.78 is 0. The Morgan fingerprint density at radius 3 is 2.50 bits per heavy atom. The molecule has 0 bridgehead atoms. The van der Waals surface area contributed by atoms with E-state index in [0.29, 0.717) is 5.75 Å². The lowest BCUT2D eigenvalue weighted by molar-refractivity contribution is -0.384. The molecular weight excluding hydrogens is 222 g/mol. The maximum atomic E-state index is 10.3. The average molecular weight is 228 g/mol. The van der Waals surface area contributed by atoms with Gasteiger partial charge in [-0.05, 0) is 16.4 Å². The van der Waals surface area contributed by atoms with E-state index in [2.05, 4.69) is 0 Å². The van der Waals surface area contributed by atoms with Crippen molar-refractivity contribution in [3.05, 3.63) is 39.9 Å². The predicted molar refractivity (Wildman–Crippen MR) is 57.7 cm³/mol. The van der Waals surface area contributed by atoms with Gasteiger partial charge in [-0.3, -0.25) is 14.9 Å². The number of rotatable bonds is 5. The zero-order valence-electron chi connectivity index (χ0n) is 7.00. The molecule has 0 atom stereocenters. The Bertz CT molecular complexity index is 326. The van der Waals surface area contributed by atoms with Gasteiger partial charge in [-0.15, -0.1) is 0 Å². The molecule has 1 aromatic rings. The summed E-state index contributed by atoms with van der Waals surface area (Å²) in [6.45, 7) is 0. The third kappa shape index (κ3) is 3.39. The summed E-state index contributed by atoms with van der Waals surface area (Å²) in [5.74, 6) is 0.637. The molecule has 0 aromatic heterocycles. The molecule has 1 aromatic carbocycles. The lowest BCUT2D eigenvalue weighted by atomic mass is 10.2. The number of hydrogen-bond acceptors (Lipinski definition) is 5. The highest BCUT2D eigenvalue weighted by Crippen LogP contribution is 2.24. The normalized spacial score (nSPS) is 9.71. The molecule has 0 spiro atoms. The highest BCUT2D eigenvalue weighted by atomic mass is 33.1. The van der Waals surface area contributed by atoms with Gasteiger partial charge in [0.2, 0.25) is 0 Å². The molecule has 0 heterocycles. The molecule has 0 unspecified atom stereocenters. The fourth-order valence-electron chi connectivity index (χ4n) is 0.835. The Labute approximate surface area is 88.6 Å². The topological polar surface area (TPSA) is 60.2 Å². The van der Waals surface area contributed by atoms with Crippen LogP contribution in [0, 0.1) is 10.1 Å². The van der Waals surface area contributed by atoms with E-state index in [1.165, 1.54) is 22.9 Å². The Morgan fingerprint density at radius 2 is 2.00 bits per heavy atom. The second-order valence-corrected chi connectivity index (χ2v) is 4.42. The van der Waals surface area contributed by atoms with Gasteiger partial charge in [0.15, 0.2) is 0 Å². The standard InChI is InChI=1S/C8H6NO3S2/c10-6-14-13-5-7-1-3-8(4-2-7)9(11)12/h1-4H,5H2. The summed E-state index contributed by atoms with van der Waals surface area (Å²) in [6, 6.07) is 6.25. The molecule has 14 heavy (non-hydrogen) atoms. The van der Waals surface area contributed by atoms with E-state index in [1.54, 1.807) is 17.8 Å². The minimum Gasteiger partial charge on any atom is -0.276 e. The van der Waals surface area contributed by atoms with Gasteiger partial charge < -0.3 is 0 Å². The Kier molecular flexibility index (Phi) is 4.48. The van der Waals surface area contributed by atoms with Gasteiger partial charge in [0.25, 0.3) is 11.3 Å². The third-order valence-electron chi connectivity index (χ3n) is 1.47. The first-order valence-corrected chi connectivity index (χ1v) is 5.95. The van der Waals surface area contributed by atoms with E-state index in [9.17, 15) is 14.9 Å². The van der Waals surface area contributed by atoms with E-state index in [1.807, 2.05) is 0 Å². The third-order valence-corrected chi connectivity index (χ3v) is 3.01. The number of carbonyl (C=O) groups excluding carboxylic acids is 1. The van der Waals surface area contributed by atoms with Crippen LogP contribution in [-0.4, -0.2) is 10.5 Å². The largest absolute Gasteiger partial charge is 0.277 e. The quantitative estimate of drug-likeness (QED) is 0.335. The molecule has 0 saturated carbocycles. The number of hydrogen-bond donors (Lipinski definition) is 0. The van der Waals surface area contributed by atoms with Gasteiger partial charge >= 0.3 is 0 Å². The molecule has 4 nitrogen and oxygen atoms in total. The molecule has 0 aliphatic carbocycles. The fraction of sp³-hybridized carbons (Fsp3) is 0.125. The summed E-state index contributed by atoms with van der Waals surface area (Å²) in [5, 5.41) is 10.3. The van der Waals surface area contributed by atoms with E-state index in [0.717, 1.165) is 16.4 Å². The number of benzene rings is 1. The SMILES string of the molecule is O=[C]SSCc1ccc([N+](=O)[O-])cc1. The zero-order valence-corrected chi connectivity index (χ0v) is 8.64. The van der Waals surface area contributed by atoms with E-state index in [-0.39, 0.29) is 5.69 Å². The lowest BCUT2D eigenvalue weighted by Gasteiger charge is -1.96. The van der Waals surface area contributed by atoms with Crippen LogP contribution in [0.15, 0.2) is 24.3 Å². The first kappa shape index (κ1) is 11.1. The van der Waals surface area contributed by atoms with Gasteiger partial charge in [-0.1, -0.05) is 22.9 Å². The minimum atomic E-state index is -0.440. The first-order valence-electron chi connectivity index (χ1n) is 3.63. The first-order chi connectivity index (χ1) is 6.74. The summed E-state index contributed by atoms with van der Waals surface area (Å²) in [4.78, 5) is 19.7. The van der Waals surface area contributed by atoms with Gasteiger partial charge in [-0.2, -0.15) is 0 Å². The Balaban J connectivity index is 2.55. The maximum absolute atomic E-state index is 10.3. The lowest BCUT2D eigenvalue weighted by Crippen LogP contribution is -1.87. The van der Waals surface area contributed by atoms with Crippen LogP contribution in [0.4, 0.5) is 5.69 Å². The van der Waals surface area contributed by atoms with Crippen molar-refractivity contribution in [2.75, 3.05) is 0 Å². The Morgan fingerprint density at radius 1 is 1.36 bits per heavy atom. The highest BCUT2D eigenvalue weighted by Gasteiger charge is 2.03. The maximum Gasteiger partial charge on any atom is 0.277 e. The second-order valence-electron chi connectivity index (χ2n) is 2.35. The number of non-ortho nitro benzene ring substituents is 1. The van der Waals surface area contributed by atoms with Crippen LogP contribution in [0.5, 0.6) is 0 Å². The van der Waals surface area contributed by atoms with E-state index in [4.69, 9.17) is 0 Å². The minimum absolute atomic E-state index is 0.0772. The molecule has 1 rings (SSSR count). The van der Waals surface area contributed by atoms with Gasteiger partial charge in [0.1, 0.15) is 0 Å². The van der Waals surface area contributed by atoms with Crippen molar-refractivity contribution in [1.82, 2.24) is 0 Å². The summed E-state index contributed by atoms with van der Waals surface area (Å²) in [6.07, 6.45) is 0. The van der Waals surface area contributed by atoms with Crippen LogP contribution >= 0.6 is 21.6 Å². The predicted octanol–water partition coefficient (Wildman–Crippen LogP) is 2.54. The van der Waals surface area contributed by atoms with Gasteiger partial charge in [-0.25, -0.2) is 0 Å². The summed E-state index contributed by atoms with van der Waals surface area (Å²) in [5.41, 5.74) is 2.71. The highest BCUT2D eigenvalue weighted by molar-refractivity contribution is 8.81. The molecule has 0 saturated heterocycles. The fourth-order valence-corrected chi connectivity index (χ4v) is 2.00. The van der Waals surface area contributed by atoms with Crippen molar-refractivity contribution in [1.29, 1.82) is 0 Å². The molecule has 0 aliphatic rings. The average Bonchev–Trinajstić information content (AvgIpc) is 2.19. The molecule has 73 valence electrons. The molecule has 6 heteroatoms. The van der Waals surface area contributed by atoms with Crippen molar-refractivity contribution in [3.63, 3.8) is 0 Å². The van der Waals surface area contributed by atoms with Gasteiger partial charge in [0.05, 0.1) is 4.92 Å². The Hall–Kier alpha value is -1.01. The van der Waals surface area contributed by atoms with E-state index < -0.39 is 4.92 Å². The van der Waals surface area contributed by atoms with E-state index >= 15 is 0 Å². The molecule has 0 fully saturated rings. The smallest absolute Gasteiger partial charge is 0.276 e.